The predicted octanol–water partition coefficient (Wildman–Crippen LogP) is 3.11. The first-order chi connectivity index (χ1) is 15.5. The van der Waals surface area contributed by atoms with Crippen LogP contribution < -0.4 is 15.0 Å². The zero-order chi connectivity index (χ0) is 22.7. The first-order valence-corrected chi connectivity index (χ1v) is 10.7. The fourth-order valence-electron chi connectivity index (χ4n) is 4.16. The maximum Gasteiger partial charge on any atom is 0.356 e. The van der Waals surface area contributed by atoms with Gasteiger partial charge < -0.3 is 24.7 Å². The monoisotopic (exact) mass is 436 g/mol. The van der Waals surface area contributed by atoms with Gasteiger partial charge in [0.1, 0.15) is 11.4 Å². The Morgan fingerprint density at radius 2 is 1.69 bits per heavy atom. The summed E-state index contributed by atoms with van der Waals surface area (Å²) in [6.45, 7) is 4.95. The molecule has 32 heavy (non-hydrogen) atoms. The number of ether oxygens (including phenoxy) is 2. The van der Waals surface area contributed by atoms with Crippen LogP contribution >= 0.6 is 0 Å². The molecule has 168 valence electrons. The summed E-state index contributed by atoms with van der Waals surface area (Å²) in [6, 6.07) is 15.1. The number of fused-ring (bicyclic) bond motifs is 1. The largest absolute Gasteiger partial charge is 0.495 e. The average Bonchev–Trinajstić information content (AvgIpc) is 3.21. The van der Waals surface area contributed by atoms with Crippen molar-refractivity contribution in [3.63, 3.8) is 0 Å². The second kappa shape index (κ2) is 9.32. The van der Waals surface area contributed by atoms with Crippen molar-refractivity contribution in [2.24, 2.45) is 0 Å². The first-order valence-electron chi connectivity index (χ1n) is 10.7. The number of hydrogen-bond donors (Lipinski definition) is 2. The molecule has 1 amide bonds. The highest BCUT2D eigenvalue weighted by Gasteiger charge is 2.28. The van der Waals surface area contributed by atoms with Crippen molar-refractivity contribution < 1.29 is 19.1 Å². The molecule has 0 spiro atoms. The summed E-state index contributed by atoms with van der Waals surface area (Å²) in [7, 11) is 3.00. The summed E-state index contributed by atoms with van der Waals surface area (Å²) in [5.41, 5.74) is 2.53. The lowest BCUT2D eigenvalue weighted by Crippen LogP contribution is -2.53. The minimum atomic E-state index is -0.519. The smallest absolute Gasteiger partial charge is 0.356 e. The zero-order valence-corrected chi connectivity index (χ0v) is 18.6. The summed E-state index contributed by atoms with van der Waals surface area (Å²) in [5.74, 6) is 0.168. The normalized spacial score (nSPS) is 15.4. The fraction of sp³-hybridized carbons (Fsp3) is 0.333. The average molecular weight is 437 g/mol. The van der Waals surface area contributed by atoms with Crippen molar-refractivity contribution in [1.82, 2.24) is 9.88 Å². The number of aromatic nitrogens is 1. The minimum Gasteiger partial charge on any atom is -0.495 e. The number of carbonyl (C=O) groups excluding carboxylic acids is 2. The van der Waals surface area contributed by atoms with Gasteiger partial charge in [0.05, 0.1) is 31.6 Å². The SMILES string of the molecule is COC(=O)c1[nH]c2ccccc2c1NC(=O)[C@H](C)N1CCN(c2ccccc2OC)CC1. The molecule has 3 aromatic rings. The van der Waals surface area contributed by atoms with E-state index in [2.05, 4.69) is 26.2 Å². The molecule has 4 rings (SSSR count). The van der Waals surface area contributed by atoms with E-state index in [-0.39, 0.29) is 17.6 Å². The Morgan fingerprint density at radius 3 is 2.41 bits per heavy atom. The Morgan fingerprint density at radius 1 is 1.00 bits per heavy atom. The number of benzene rings is 2. The van der Waals surface area contributed by atoms with Crippen molar-refractivity contribution in [2.45, 2.75) is 13.0 Å². The highest BCUT2D eigenvalue weighted by molar-refractivity contribution is 6.11. The van der Waals surface area contributed by atoms with Gasteiger partial charge >= 0.3 is 5.97 Å². The highest BCUT2D eigenvalue weighted by atomic mass is 16.5. The molecule has 1 fully saturated rings. The highest BCUT2D eigenvalue weighted by Crippen LogP contribution is 2.30. The van der Waals surface area contributed by atoms with Gasteiger partial charge in [0.15, 0.2) is 0 Å². The number of piperazine rings is 1. The van der Waals surface area contributed by atoms with Gasteiger partial charge in [-0.3, -0.25) is 9.69 Å². The number of nitrogens with zero attached hydrogens (tertiary/aromatic N) is 2. The molecule has 1 aromatic heterocycles. The fourth-order valence-corrected chi connectivity index (χ4v) is 4.16. The second-order valence-corrected chi connectivity index (χ2v) is 7.77. The molecule has 0 radical (unpaired) electrons. The van der Waals surface area contributed by atoms with Gasteiger partial charge in [-0.2, -0.15) is 0 Å². The molecule has 8 heteroatoms. The predicted molar refractivity (Wildman–Crippen MR) is 125 cm³/mol. The van der Waals surface area contributed by atoms with Crippen LogP contribution in [0.15, 0.2) is 48.5 Å². The van der Waals surface area contributed by atoms with Crippen LogP contribution in [-0.2, 0) is 9.53 Å². The maximum atomic E-state index is 13.1. The van der Waals surface area contributed by atoms with Gasteiger partial charge in [0.25, 0.3) is 0 Å². The molecular formula is C24H28N4O4. The number of anilines is 2. The van der Waals surface area contributed by atoms with E-state index in [0.717, 1.165) is 48.5 Å². The van der Waals surface area contributed by atoms with E-state index < -0.39 is 5.97 Å². The van der Waals surface area contributed by atoms with Crippen molar-refractivity contribution in [3.8, 4) is 5.75 Å². The molecule has 1 saturated heterocycles. The van der Waals surface area contributed by atoms with Crippen molar-refractivity contribution >= 4 is 34.2 Å². The molecule has 0 bridgehead atoms. The van der Waals surface area contributed by atoms with E-state index in [9.17, 15) is 9.59 Å². The van der Waals surface area contributed by atoms with Crippen LogP contribution in [0.4, 0.5) is 11.4 Å². The summed E-state index contributed by atoms with van der Waals surface area (Å²) < 4.78 is 10.4. The van der Waals surface area contributed by atoms with Crippen LogP contribution in [0.25, 0.3) is 10.9 Å². The van der Waals surface area contributed by atoms with E-state index >= 15 is 0 Å². The Balaban J connectivity index is 1.46. The number of para-hydroxylation sites is 3. The van der Waals surface area contributed by atoms with Crippen molar-refractivity contribution in [2.75, 3.05) is 50.6 Å². The van der Waals surface area contributed by atoms with E-state index in [0.29, 0.717) is 5.69 Å². The Labute approximate surface area is 187 Å². The molecule has 1 atom stereocenters. The van der Waals surface area contributed by atoms with Gasteiger partial charge in [0, 0.05) is 37.1 Å². The Hall–Kier alpha value is -3.52. The van der Waals surface area contributed by atoms with Crippen LogP contribution in [0.5, 0.6) is 5.75 Å². The van der Waals surface area contributed by atoms with Gasteiger partial charge in [-0.25, -0.2) is 4.79 Å². The standard InChI is InChI=1S/C24H28N4O4/c1-16(27-12-14-28(15-13-27)19-10-6-7-11-20(19)31-2)23(29)26-21-17-8-4-5-9-18(17)25-22(21)24(30)32-3/h4-11,16,25H,12-15H2,1-3H3,(H,26,29)/t16-/m0/s1. The van der Waals surface area contributed by atoms with Gasteiger partial charge in [0.2, 0.25) is 5.91 Å². The minimum absolute atomic E-state index is 0.161. The number of esters is 1. The van der Waals surface area contributed by atoms with Crippen LogP contribution in [0.3, 0.4) is 0 Å². The molecule has 2 aromatic carbocycles. The number of aromatic amines is 1. The second-order valence-electron chi connectivity index (χ2n) is 7.77. The Bertz CT molecular complexity index is 1120. The van der Waals surface area contributed by atoms with Crippen LogP contribution in [0, 0.1) is 0 Å². The van der Waals surface area contributed by atoms with E-state index in [1.165, 1.54) is 7.11 Å². The molecule has 0 aliphatic carbocycles. The number of rotatable bonds is 6. The molecule has 0 unspecified atom stereocenters. The molecule has 1 aliphatic rings. The van der Waals surface area contributed by atoms with Crippen molar-refractivity contribution in [3.05, 3.63) is 54.2 Å². The first kappa shape index (κ1) is 21.7. The molecule has 2 heterocycles. The molecule has 0 saturated carbocycles. The number of amides is 1. The van der Waals surface area contributed by atoms with Crippen LogP contribution in [0.1, 0.15) is 17.4 Å². The Kier molecular flexibility index (Phi) is 6.32. The molecule has 8 nitrogen and oxygen atoms in total. The zero-order valence-electron chi connectivity index (χ0n) is 18.6. The number of hydrogen-bond acceptors (Lipinski definition) is 6. The van der Waals surface area contributed by atoms with Gasteiger partial charge in [-0.15, -0.1) is 0 Å². The third kappa shape index (κ3) is 4.13. The maximum absolute atomic E-state index is 13.1. The quantitative estimate of drug-likeness (QED) is 0.578. The summed E-state index contributed by atoms with van der Waals surface area (Å²) in [6.07, 6.45) is 0. The number of nitrogens with one attached hydrogen (secondary N) is 2. The summed E-state index contributed by atoms with van der Waals surface area (Å²) >= 11 is 0. The van der Waals surface area contributed by atoms with Crippen LogP contribution in [-0.4, -0.2) is 68.2 Å². The lowest BCUT2D eigenvalue weighted by Gasteiger charge is -2.38. The lowest BCUT2D eigenvalue weighted by molar-refractivity contribution is -0.120. The van der Waals surface area contributed by atoms with E-state index in [1.54, 1.807) is 7.11 Å². The number of H-pyrrole nitrogens is 1. The van der Waals surface area contributed by atoms with E-state index in [4.69, 9.17) is 9.47 Å². The topological polar surface area (TPSA) is 86.9 Å². The van der Waals surface area contributed by atoms with Gasteiger partial charge in [-0.1, -0.05) is 30.3 Å². The lowest BCUT2D eigenvalue weighted by atomic mass is 10.1. The molecule has 2 N–H and O–H groups in total. The number of carbonyl (C=O) groups is 2. The van der Waals surface area contributed by atoms with Crippen LogP contribution in [0.2, 0.25) is 0 Å². The van der Waals surface area contributed by atoms with Crippen molar-refractivity contribution in [1.29, 1.82) is 0 Å². The third-order valence-electron chi connectivity index (χ3n) is 6.01. The van der Waals surface area contributed by atoms with E-state index in [1.807, 2.05) is 49.4 Å². The molecule has 1 aliphatic heterocycles. The third-order valence-corrected chi connectivity index (χ3v) is 6.01. The summed E-state index contributed by atoms with van der Waals surface area (Å²) in [5, 5.41) is 3.73. The van der Waals surface area contributed by atoms with Gasteiger partial charge in [-0.05, 0) is 25.1 Å². The number of methoxy groups -OCH3 is 2. The molecular weight excluding hydrogens is 408 g/mol. The summed E-state index contributed by atoms with van der Waals surface area (Å²) in [4.78, 5) is 32.8.